The highest BCUT2D eigenvalue weighted by molar-refractivity contribution is 5.98. The quantitative estimate of drug-likeness (QED) is 0.622. The van der Waals surface area contributed by atoms with E-state index >= 15 is 0 Å². The van der Waals surface area contributed by atoms with Crippen molar-refractivity contribution in [3.8, 4) is 11.1 Å². The molecule has 0 saturated carbocycles. The normalized spacial score (nSPS) is 10.2. The fourth-order valence-corrected chi connectivity index (χ4v) is 2.54. The molecule has 3 rings (SSSR count). The van der Waals surface area contributed by atoms with Crippen LogP contribution < -0.4 is 16.8 Å². The van der Waals surface area contributed by atoms with Crippen molar-refractivity contribution in [3.05, 3.63) is 78.4 Å². The average Bonchev–Trinajstić information content (AvgIpc) is 2.63. The van der Waals surface area contributed by atoms with Crippen molar-refractivity contribution in [2.45, 2.75) is 6.61 Å². The second-order valence-corrected chi connectivity index (χ2v) is 5.54. The first-order valence-electron chi connectivity index (χ1n) is 7.86. The first-order valence-corrected chi connectivity index (χ1v) is 7.86. The number of amides is 1. The van der Waals surface area contributed by atoms with Gasteiger partial charge in [0, 0.05) is 16.8 Å². The van der Waals surface area contributed by atoms with Gasteiger partial charge in [-0.1, -0.05) is 60.7 Å². The van der Waals surface area contributed by atoms with Crippen molar-refractivity contribution >= 4 is 23.2 Å². The highest BCUT2D eigenvalue weighted by Crippen LogP contribution is 2.35. The number of carbonyl (C=O) groups excluding carboxylic acids is 1. The summed E-state index contributed by atoms with van der Waals surface area (Å²) < 4.78 is 5.27. The minimum absolute atomic E-state index is 0.183. The maximum absolute atomic E-state index is 12.2. The predicted octanol–water partition coefficient (Wildman–Crippen LogP) is 4.27. The van der Waals surface area contributed by atoms with E-state index in [1.807, 2.05) is 60.7 Å². The molecule has 5 heteroatoms. The van der Waals surface area contributed by atoms with Crippen LogP contribution in [-0.4, -0.2) is 6.09 Å². The third-order valence-electron chi connectivity index (χ3n) is 3.79. The van der Waals surface area contributed by atoms with Gasteiger partial charge in [-0.15, -0.1) is 0 Å². The lowest BCUT2D eigenvalue weighted by Crippen LogP contribution is -2.15. The van der Waals surface area contributed by atoms with Gasteiger partial charge in [-0.05, 0) is 17.7 Å². The number of para-hydroxylation sites is 2. The Kier molecular flexibility index (Phi) is 4.85. The topological polar surface area (TPSA) is 90.4 Å². The summed E-state index contributed by atoms with van der Waals surface area (Å²) in [7, 11) is 0. The Morgan fingerprint density at radius 2 is 1.44 bits per heavy atom. The third-order valence-corrected chi connectivity index (χ3v) is 3.79. The van der Waals surface area contributed by atoms with Gasteiger partial charge >= 0.3 is 6.09 Å². The fourth-order valence-electron chi connectivity index (χ4n) is 2.54. The molecule has 3 aromatic rings. The first-order chi connectivity index (χ1) is 12.1. The van der Waals surface area contributed by atoms with Gasteiger partial charge in [0.1, 0.15) is 6.61 Å². The van der Waals surface area contributed by atoms with Crippen molar-refractivity contribution < 1.29 is 9.53 Å². The van der Waals surface area contributed by atoms with Gasteiger partial charge < -0.3 is 16.2 Å². The molecule has 0 aromatic heterocycles. The fraction of sp³-hybridized carbons (Fsp3) is 0.0500. The van der Waals surface area contributed by atoms with Gasteiger partial charge in [-0.3, -0.25) is 5.32 Å². The second-order valence-electron chi connectivity index (χ2n) is 5.54. The maximum Gasteiger partial charge on any atom is 0.412 e. The molecule has 0 saturated heterocycles. The minimum atomic E-state index is -0.572. The monoisotopic (exact) mass is 333 g/mol. The van der Waals surface area contributed by atoms with Crippen molar-refractivity contribution in [1.82, 2.24) is 0 Å². The number of rotatable bonds is 4. The van der Waals surface area contributed by atoms with E-state index in [-0.39, 0.29) is 6.61 Å². The van der Waals surface area contributed by atoms with E-state index in [2.05, 4.69) is 5.32 Å². The number of anilines is 3. The first kappa shape index (κ1) is 16.4. The van der Waals surface area contributed by atoms with Crippen LogP contribution in [0.15, 0.2) is 72.8 Å². The summed E-state index contributed by atoms with van der Waals surface area (Å²) >= 11 is 0. The molecular weight excluding hydrogens is 314 g/mol. The number of nitrogen functional groups attached to an aromatic ring is 2. The van der Waals surface area contributed by atoms with Crippen LogP contribution >= 0.6 is 0 Å². The van der Waals surface area contributed by atoms with Crippen LogP contribution in [-0.2, 0) is 11.3 Å². The standard InChI is InChI=1S/C20H19N3O2/c21-17-11-5-4-9-15(17)16-10-6-12-18(22)19(16)23-20(24)25-13-14-7-2-1-3-8-14/h1-12H,13,21-22H2,(H,23,24). The van der Waals surface area contributed by atoms with Gasteiger partial charge in [0.25, 0.3) is 0 Å². The van der Waals surface area contributed by atoms with Crippen LogP contribution in [0.1, 0.15) is 5.56 Å². The minimum Gasteiger partial charge on any atom is -0.444 e. The van der Waals surface area contributed by atoms with Gasteiger partial charge in [-0.25, -0.2) is 4.79 Å². The van der Waals surface area contributed by atoms with E-state index in [9.17, 15) is 4.79 Å². The highest BCUT2D eigenvalue weighted by atomic mass is 16.5. The van der Waals surface area contributed by atoms with E-state index in [1.165, 1.54) is 0 Å². The number of ether oxygens (including phenoxy) is 1. The average molecular weight is 333 g/mol. The molecule has 5 nitrogen and oxygen atoms in total. The van der Waals surface area contributed by atoms with Crippen molar-refractivity contribution in [1.29, 1.82) is 0 Å². The Hall–Kier alpha value is -3.47. The Morgan fingerprint density at radius 1 is 0.800 bits per heavy atom. The summed E-state index contributed by atoms with van der Waals surface area (Å²) in [4.78, 5) is 12.2. The Balaban J connectivity index is 1.80. The number of carbonyl (C=O) groups is 1. The van der Waals surface area contributed by atoms with Crippen LogP contribution in [0.3, 0.4) is 0 Å². The molecule has 0 aliphatic rings. The summed E-state index contributed by atoms with van der Waals surface area (Å²) in [6.45, 7) is 0.183. The van der Waals surface area contributed by atoms with Crippen LogP contribution in [0.2, 0.25) is 0 Å². The van der Waals surface area contributed by atoms with Gasteiger partial charge in [-0.2, -0.15) is 0 Å². The molecule has 0 heterocycles. The lowest BCUT2D eigenvalue weighted by atomic mass is 10.0. The molecule has 0 fully saturated rings. The van der Waals surface area contributed by atoms with Gasteiger partial charge in [0.15, 0.2) is 0 Å². The predicted molar refractivity (Wildman–Crippen MR) is 101 cm³/mol. The van der Waals surface area contributed by atoms with E-state index in [0.29, 0.717) is 17.1 Å². The molecule has 0 spiro atoms. The molecule has 1 amide bonds. The van der Waals surface area contributed by atoms with Crippen molar-refractivity contribution in [3.63, 3.8) is 0 Å². The number of nitrogens with two attached hydrogens (primary N) is 2. The van der Waals surface area contributed by atoms with E-state index in [0.717, 1.165) is 16.7 Å². The zero-order valence-electron chi connectivity index (χ0n) is 13.6. The second kappa shape index (κ2) is 7.40. The summed E-state index contributed by atoms with van der Waals surface area (Å²) in [6, 6.07) is 22.3. The summed E-state index contributed by atoms with van der Waals surface area (Å²) in [6.07, 6.45) is -0.572. The molecule has 25 heavy (non-hydrogen) atoms. The van der Waals surface area contributed by atoms with Crippen LogP contribution in [0.4, 0.5) is 21.9 Å². The lowest BCUT2D eigenvalue weighted by Gasteiger charge is -2.15. The molecule has 3 aromatic carbocycles. The van der Waals surface area contributed by atoms with Gasteiger partial charge in [0.05, 0.1) is 11.4 Å². The highest BCUT2D eigenvalue weighted by Gasteiger charge is 2.14. The van der Waals surface area contributed by atoms with Crippen LogP contribution in [0.25, 0.3) is 11.1 Å². The van der Waals surface area contributed by atoms with E-state index in [1.54, 1.807) is 12.1 Å². The molecule has 0 aliphatic heterocycles. The molecule has 0 unspecified atom stereocenters. The lowest BCUT2D eigenvalue weighted by molar-refractivity contribution is 0.155. The smallest absolute Gasteiger partial charge is 0.412 e. The van der Waals surface area contributed by atoms with Crippen molar-refractivity contribution in [2.24, 2.45) is 0 Å². The zero-order chi connectivity index (χ0) is 17.6. The number of nitrogens with one attached hydrogen (secondary N) is 1. The largest absolute Gasteiger partial charge is 0.444 e. The number of hydrogen-bond donors (Lipinski definition) is 3. The molecule has 0 radical (unpaired) electrons. The van der Waals surface area contributed by atoms with Gasteiger partial charge in [0.2, 0.25) is 0 Å². The molecule has 0 aliphatic carbocycles. The summed E-state index contributed by atoms with van der Waals surface area (Å²) in [5.41, 5.74) is 16.1. The zero-order valence-corrected chi connectivity index (χ0v) is 13.6. The molecule has 126 valence electrons. The Morgan fingerprint density at radius 3 is 2.20 bits per heavy atom. The number of hydrogen-bond acceptors (Lipinski definition) is 4. The SMILES string of the molecule is Nc1ccccc1-c1cccc(N)c1NC(=O)OCc1ccccc1. The molecule has 0 atom stereocenters. The maximum atomic E-state index is 12.2. The summed E-state index contributed by atoms with van der Waals surface area (Å²) in [5.74, 6) is 0. The van der Waals surface area contributed by atoms with Crippen molar-refractivity contribution in [2.75, 3.05) is 16.8 Å². The van der Waals surface area contributed by atoms with Crippen LogP contribution in [0.5, 0.6) is 0 Å². The summed E-state index contributed by atoms with van der Waals surface area (Å²) in [5, 5.41) is 2.73. The third kappa shape index (κ3) is 3.90. The van der Waals surface area contributed by atoms with E-state index < -0.39 is 6.09 Å². The Labute approximate surface area is 146 Å². The molecule has 0 bridgehead atoms. The van der Waals surface area contributed by atoms with Crippen LogP contribution in [0, 0.1) is 0 Å². The number of benzene rings is 3. The molecular formula is C20H19N3O2. The Bertz CT molecular complexity index is 879. The molecule has 5 N–H and O–H groups in total. The van der Waals surface area contributed by atoms with E-state index in [4.69, 9.17) is 16.2 Å².